The number of fused-ring (bicyclic) bond motifs is 1. The molecule has 296 valence electrons. The van der Waals surface area contributed by atoms with E-state index in [4.69, 9.17) is 21.1 Å². The van der Waals surface area contributed by atoms with Gasteiger partial charge in [0.25, 0.3) is 5.91 Å². The Kier molecular flexibility index (Phi) is 14.1. The van der Waals surface area contributed by atoms with Crippen molar-refractivity contribution in [3.05, 3.63) is 112 Å². The highest BCUT2D eigenvalue weighted by Crippen LogP contribution is 2.37. The Balaban J connectivity index is 1.25. The summed E-state index contributed by atoms with van der Waals surface area (Å²) < 4.78 is 14.3. The van der Waals surface area contributed by atoms with Gasteiger partial charge in [-0.05, 0) is 74.1 Å². The summed E-state index contributed by atoms with van der Waals surface area (Å²) in [5.41, 5.74) is 3.41. The molecule has 0 saturated heterocycles. The van der Waals surface area contributed by atoms with Crippen molar-refractivity contribution in [3.63, 3.8) is 0 Å². The second-order valence-electron chi connectivity index (χ2n) is 17.1. The molecule has 3 aromatic carbocycles. The van der Waals surface area contributed by atoms with Gasteiger partial charge in [-0.15, -0.1) is 10.2 Å². The third-order valence-electron chi connectivity index (χ3n) is 11.0. The fourth-order valence-corrected chi connectivity index (χ4v) is 7.22. The lowest BCUT2D eigenvalue weighted by molar-refractivity contribution is -0.130. The van der Waals surface area contributed by atoms with E-state index in [0.29, 0.717) is 35.3 Å². The second kappa shape index (κ2) is 18.6. The summed E-state index contributed by atoms with van der Waals surface area (Å²) >= 11 is 6.76. The summed E-state index contributed by atoms with van der Waals surface area (Å²) in [6, 6.07) is 26.6. The van der Waals surface area contributed by atoms with Gasteiger partial charge in [-0.1, -0.05) is 153 Å². The Hall–Kier alpha value is -4.30. The van der Waals surface area contributed by atoms with Gasteiger partial charge in [0.2, 0.25) is 0 Å². The number of aromatic nitrogens is 4. The number of carbonyl (C=O) groups is 1. The summed E-state index contributed by atoms with van der Waals surface area (Å²) in [5, 5.41) is 16.4. The number of hydrogen-bond acceptors (Lipinski definition) is 5. The smallest absolute Gasteiger partial charge is 0.261 e. The van der Waals surface area contributed by atoms with Gasteiger partial charge < -0.3 is 14.8 Å². The van der Waals surface area contributed by atoms with E-state index in [1.807, 2.05) is 60.8 Å². The zero-order valence-electron chi connectivity index (χ0n) is 34.3. The van der Waals surface area contributed by atoms with Crippen molar-refractivity contribution in [2.45, 2.75) is 149 Å². The molecule has 8 nitrogen and oxygen atoms in total. The lowest BCUT2D eigenvalue weighted by Crippen LogP contribution is -2.59. The van der Waals surface area contributed by atoms with Gasteiger partial charge in [0.1, 0.15) is 23.1 Å². The maximum absolute atomic E-state index is 14.2. The molecule has 0 radical (unpaired) electrons. The van der Waals surface area contributed by atoms with Gasteiger partial charge in [-0.3, -0.25) is 9.89 Å². The van der Waals surface area contributed by atoms with Crippen LogP contribution in [0.2, 0.25) is 5.02 Å². The molecule has 0 saturated carbocycles. The molecule has 1 unspecified atom stereocenters. The van der Waals surface area contributed by atoms with Crippen LogP contribution in [0.4, 0.5) is 0 Å². The first-order chi connectivity index (χ1) is 26.2. The maximum atomic E-state index is 14.2. The number of H-pyrrole nitrogens is 1. The summed E-state index contributed by atoms with van der Waals surface area (Å²) in [5.74, 6) is 2.08. The van der Waals surface area contributed by atoms with Crippen molar-refractivity contribution in [1.29, 1.82) is 0 Å². The van der Waals surface area contributed by atoms with Crippen molar-refractivity contribution in [2.75, 3.05) is 0 Å². The fourth-order valence-electron chi connectivity index (χ4n) is 6.77. The third-order valence-corrected chi connectivity index (χ3v) is 11.4. The maximum Gasteiger partial charge on any atom is 0.261 e. The Morgan fingerprint density at radius 1 is 0.764 bits per heavy atom. The van der Waals surface area contributed by atoms with Gasteiger partial charge in [-0.2, -0.15) is 0 Å². The topological polar surface area (TPSA) is 93.5 Å². The van der Waals surface area contributed by atoms with E-state index >= 15 is 0 Å². The van der Waals surface area contributed by atoms with Crippen molar-refractivity contribution in [2.24, 2.45) is 0 Å². The number of ether oxygens (including phenoxy) is 2. The van der Waals surface area contributed by atoms with Gasteiger partial charge in [0.15, 0.2) is 17.6 Å². The molecule has 0 fully saturated rings. The quantitative estimate of drug-likeness (QED) is 0.0769. The van der Waals surface area contributed by atoms with E-state index < -0.39 is 17.1 Å². The molecule has 9 heteroatoms. The lowest BCUT2D eigenvalue weighted by Gasteiger charge is -2.41. The predicted octanol–water partition coefficient (Wildman–Crippen LogP) is 11.3. The molecule has 0 aliphatic carbocycles. The molecule has 2 heterocycles. The molecule has 2 aromatic heterocycles. The Morgan fingerprint density at radius 3 is 1.95 bits per heavy atom. The largest absolute Gasteiger partial charge is 0.489 e. The summed E-state index contributed by atoms with van der Waals surface area (Å²) in [4.78, 5) is 14.2. The number of unbranched alkanes of at least 4 members (excludes halogenated alkanes) is 7. The normalized spacial score (nSPS) is 12.9. The average molecular weight is 768 g/mol. The van der Waals surface area contributed by atoms with E-state index in [2.05, 4.69) is 98.6 Å². The zero-order chi connectivity index (χ0) is 39.6. The fraction of sp³-hybridized carbons (Fsp3) is 0.500. The van der Waals surface area contributed by atoms with Gasteiger partial charge in [-0.25, -0.2) is 4.52 Å². The van der Waals surface area contributed by atoms with Crippen molar-refractivity contribution >= 4 is 23.2 Å². The molecule has 1 atom stereocenters. The first-order valence-corrected chi connectivity index (χ1v) is 20.5. The van der Waals surface area contributed by atoms with E-state index in [0.717, 1.165) is 41.8 Å². The highest BCUT2D eigenvalue weighted by atomic mass is 35.5. The minimum absolute atomic E-state index is 0.139. The number of amides is 1. The Labute approximate surface area is 333 Å². The van der Waals surface area contributed by atoms with E-state index in [-0.39, 0.29) is 11.3 Å². The number of nitrogens with zero attached hydrogens (tertiary/aromatic N) is 3. The molecule has 2 N–H and O–H groups in total. The summed E-state index contributed by atoms with van der Waals surface area (Å²) in [6.07, 6.45) is 10.3. The first kappa shape index (κ1) is 41.9. The highest BCUT2D eigenvalue weighted by Gasteiger charge is 2.45. The van der Waals surface area contributed by atoms with Crippen LogP contribution in [0.3, 0.4) is 0 Å². The van der Waals surface area contributed by atoms with Crippen LogP contribution in [0, 0.1) is 0 Å². The van der Waals surface area contributed by atoms with Crippen LogP contribution in [0.5, 0.6) is 11.5 Å². The van der Waals surface area contributed by atoms with Crippen LogP contribution in [0.1, 0.15) is 141 Å². The minimum atomic E-state index is -0.723. The van der Waals surface area contributed by atoms with Crippen molar-refractivity contribution in [1.82, 2.24) is 25.1 Å². The van der Waals surface area contributed by atoms with Crippen LogP contribution in [0.25, 0.3) is 5.65 Å². The van der Waals surface area contributed by atoms with Crippen LogP contribution in [-0.2, 0) is 28.7 Å². The number of halogens is 1. The molecule has 0 spiro atoms. The molecule has 5 aromatic rings. The number of carbonyl (C=O) groups excluding carboxylic acids is 1. The zero-order valence-corrected chi connectivity index (χ0v) is 35.1. The summed E-state index contributed by atoms with van der Waals surface area (Å²) in [6.45, 7) is 17.3. The molecule has 0 bridgehead atoms. The highest BCUT2D eigenvalue weighted by molar-refractivity contribution is 6.34. The standard InChI is InChI=1S/C46H62ClN5O3/c1-9-10-11-12-13-14-15-19-22-38(42(53)48-46(7,8)45(5,6)43-50-49-41-39(47)40(44(2,3)4)51-52(41)43)55-37-29-25-34(26-30-37)31-33-23-27-36(28-24-33)54-32-35-20-17-16-18-21-35/h16-18,20-21,23-30,38,51H,9-15,19,22,31-32H2,1-8H3,(H,48,53). The number of nitrogens with one attached hydrogen (secondary N) is 2. The second-order valence-corrected chi connectivity index (χ2v) is 17.5. The molecule has 0 aliphatic rings. The molecule has 5 rings (SSSR count). The molecular weight excluding hydrogens is 706 g/mol. The van der Waals surface area contributed by atoms with Crippen molar-refractivity contribution < 1.29 is 14.3 Å². The Morgan fingerprint density at radius 2 is 1.35 bits per heavy atom. The van der Waals surface area contributed by atoms with Crippen LogP contribution in [0.15, 0.2) is 78.9 Å². The van der Waals surface area contributed by atoms with Crippen molar-refractivity contribution in [3.8, 4) is 11.5 Å². The average Bonchev–Trinajstić information content (AvgIpc) is 3.73. The molecule has 0 aliphatic heterocycles. The van der Waals surface area contributed by atoms with Crippen LogP contribution >= 0.6 is 11.6 Å². The SMILES string of the molecule is CCCCCCCCCCC(Oc1ccc(Cc2ccc(OCc3ccccc3)cc2)cc1)C(=O)NC(C)(C)C(C)(C)c1nnc2c(Cl)c(C(C)(C)C)[nH]n12. The van der Waals surface area contributed by atoms with Gasteiger partial charge in [0.05, 0.1) is 5.69 Å². The lowest BCUT2D eigenvalue weighted by atomic mass is 9.73. The number of rotatable bonds is 20. The Bertz CT molecular complexity index is 1940. The monoisotopic (exact) mass is 767 g/mol. The summed E-state index contributed by atoms with van der Waals surface area (Å²) in [7, 11) is 0. The van der Waals surface area contributed by atoms with E-state index in [1.54, 1.807) is 0 Å². The van der Waals surface area contributed by atoms with E-state index in [1.165, 1.54) is 44.1 Å². The molecular formula is C46H62ClN5O3. The van der Waals surface area contributed by atoms with Crippen LogP contribution in [-0.4, -0.2) is 37.4 Å². The van der Waals surface area contributed by atoms with Gasteiger partial charge in [0, 0.05) is 16.4 Å². The first-order valence-electron chi connectivity index (χ1n) is 20.2. The minimum Gasteiger partial charge on any atom is -0.489 e. The number of hydrogen-bond donors (Lipinski definition) is 2. The predicted molar refractivity (Wildman–Crippen MR) is 224 cm³/mol. The molecule has 1 amide bonds. The number of aromatic amines is 1. The van der Waals surface area contributed by atoms with E-state index in [9.17, 15) is 4.79 Å². The third kappa shape index (κ3) is 10.9. The molecule has 55 heavy (non-hydrogen) atoms. The number of benzene rings is 3. The van der Waals surface area contributed by atoms with Crippen LogP contribution < -0.4 is 14.8 Å². The van der Waals surface area contributed by atoms with Gasteiger partial charge >= 0.3 is 0 Å².